The van der Waals surface area contributed by atoms with Gasteiger partial charge in [0.25, 0.3) is 5.91 Å². The highest BCUT2D eigenvalue weighted by molar-refractivity contribution is 7.99. The van der Waals surface area contributed by atoms with E-state index in [0.717, 1.165) is 16.8 Å². The molecular formula is C20H19FN4O2S2. The molecule has 0 bridgehead atoms. The van der Waals surface area contributed by atoms with Crippen LogP contribution in [0.5, 0.6) is 0 Å². The van der Waals surface area contributed by atoms with Crippen LogP contribution in [0, 0.1) is 12.7 Å². The molecule has 0 unspecified atom stereocenters. The number of para-hydroxylation sites is 1. The fourth-order valence-corrected chi connectivity index (χ4v) is 4.02. The van der Waals surface area contributed by atoms with Crippen LogP contribution in [0.3, 0.4) is 0 Å². The van der Waals surface area contributed by atoms with Gasteiger partial charge in [0.15, 0.2) is 0 Å². The molecular weight excluding hydrogens is 411 g/mol. The summed E-state index contributed by atoms with van der Waals surface area (Å²) in [5, 5.41) is 14.5. The predicted octanol–water partition coefficient (Wildman–Crippen LogP) is 3.79. The van der Waals surface area contributed by atoms with E-state index in [4.69, 9.17) is 0 Å². The van der Waals surface area contributed by atoms with Crippen molar-refractivity contribution in [2.45, 2.75) is 19.2 Å². The van der Waals surface area contributed by atoms with Crippen molar-refractivity contribution in [1.82, 2.24) is 15.5 Å². The predicted molar refractivity (Wildman–Crippen MR) is 113 cm³/mol. The Hall–Kier alpha value is -2.78. The van der Waals surface area contributed by atoms with Crippen LogP contribution >= 0.6 is 23.1 Å². The monoisotopic (exact) mass is 430 g/mol. The van der Waals surface area contributed by atoms with E-state index in [-0.39, 0.29) is 28.4 Å². The number of aromatic nitrogens is 2. The highest BCUT2D eigenvalue weighted by atomic mass is 32.2. The summed E-state index contributed by atoms with van der Waals surface area (Å²) in [5.41, 5.74) is 2.53. The molecule has 6 nitrogen and oxygen atoms in total. The normalized spacial score (nSPS) is 10.6. The van der Waals surface area contributed by atoms with Gasteiger partial charge < -0.3 is 10.6 Å². The van der Waals surface area contributed by atoms with Crippen LogP contribution in [-0.2, 0) is 17.1 Å². The van der Waals surface area contributed by atoms with Gasteiger partial charge in [-0.1, -0.05) is 41.7 Å². The molecule has 3 aromatic rings. The van der Waals surface area contributed by atoms with Crippen molar-refractivity contribution in [3.05, 3.63) is 75.5 Å². The summed E-state index contributed by atoms with van der Waals surface area (Å²) in [6, 6.07) is 13.5. The van der Waals surface area contributed by atoms with Gasteiger partial charge in [-0.15, -0.1) is 22.0 Å². The Morgan fingerprint density at radius 3 is 2.62 bits per heavy atom. The molecule has 2 aromatic carbocycles. The molecule has 1 heterocycles. The fourth-order valence-electron chi connectivity index (χ4n) is 2.38. The SMILES string of the molecule is Cc1ccccc1NC(=O)c1nnc(CSCC(=O)NCc2ccc(F)cc2)s1. The minimum absolute atomic E-state index is 0.124. The number of hydrogen-bond acceptors (Lipinski definition) is 6. The first-order valence-electron chi connectivity index (χ1n) is 8.79. The third kappa shape index (κ3) is 6.37. The summed E-state index contributed by atoms with van der Waals surface area (Å²) in [4.78, 5) is 24.2. The number of nitrogens with zero attached hydrogens (tertiary/aromatic N) is 2. The van der Waals surface area contributed by atoms with E-state index in [9.17, 15) is 14.0 Å². The minimum atomic E-state index is -0.306. The highest BCUT2D eigenvalue weighted by Gasteiger charge is 2.14. The Labute approximate surface area is 175 Å². The van der Waals surface area contributed by atoms with Gasteiger partial charge in [-0.2, -0.15) is 0 Å². The first-order chi connectivity index (χ1) is 14.0. The highest BCUT2D eigenvalue weighted by Crippen LogP contribution is 2.19. The lowest BCUT2D eigenvalue weighted by Gasteiger charge is -2.05. The number of halogens is 1. The van der Waals surface area contributed by atoms with E-state index in [1.54, 1.807) is 12.1 Å². The Morgan fingerprint density at radius 1 is 1.10 bits per heavy atom. The van der Waals surface area contributed by atoms with Crippen LogP contribution in [0.25, 0.3) is 0 Å². The minimum Gasteiger partial charge on any atom is -0.351 e. The number of carbonyl (C=O) groups excluding carboxylic acids is 2. The molecule has 0 aliphatic heterocycles. The van der Waals surface area contributed by atoms with Crippen LogP contribution in [0.2, 0.25) is 0 Å². The molecule has 0 saturated heterocycles. The second kappa shape index (κ2) is 10.1. The van der Waals surface area contributed by atoms with Crippen molar-refractivity contribution < 1.29 is 14.0 Å². The van der Waals surface area contributed by atoms with E-state index in [2.05, 4.69) is 20.8 Å². The molecule has 2 amide bonds. The maximum atomic E-state index is 12.9. The van der Waals surface area contributed by atoms with Crippen molar-refractivity contribution in [2.24, 2.45) is 0 Å². The lowest BCUT2D eigenvalue weighted by atomic mass is 10.2. The van der Waals surface area contributed by atoms with E-state index in [1.807, 2.05) is 31.2 Å². The zero-order valence-corrected chi connectivity index (χ0v) is 17.3. The summed E-state index contributed by atoms with van der Waals surface area (Å²) >= 11 is 2.59. The van der Waals surface area contributed by atoms with E-state index < -0.39 is 0 Å². The summed E-state index contributed by atoms with van der Waals surface area (Å²) < 4.78 is 12.9. The van der Waals surface area contributed by atoms with Crippen molar-refractivity contribution >= 4 is 40.6 Å². The molecule has 150 valence electrons. The van der Waals surface area contributed by atoms with Gasteiger partial charge in [0, 0.05) is 18.0 Å². The number of benzene rings is 2. The molecule has 0 saturated carbocycles. The zero-order chi connectivity index (χ0) is 20.6. The third-order valence-electron chi connectivity index (χ3n) is 3.92. The number of hydrogen-bond donors (Lipinski definition) is 2. The summed E-state index contributed by atoms with van der Waals surface area (Å²) in [5.74, 6) is 0.0104. The molecule has 9 heteroatoms. The molecule has 3 rings (SSSR count). The molecule has 29 heavy (non-hydrogen) atoms. The van der Waals surface area contributed by atoms with Crippen molar-refractivity contribution in [3.8, 4) is 0 Å². The molecule has 1 aromatic heterocycles. The number of amides is 2. The molecule has 0 aliphatic carbocycles. The van der Waals surface area contributed by atoms with E-state index >= 15 is 0 Å². The number of nitrogens with one attached hydrogen (secondary N) is 2. The van der Waals surface area contributed by atoms with Gasteiger partial charge in [-0.25, -0.2) is 4.39 Å². The number of carbonyl (C=O) groups is 2. The lowest BCUT2D eigenvalue weighted by Crippen LogP contribution is -2.24. The molecule has 0 radical (unpaired) electrons. The maximum absolute atomic E-state index is 12.9. The average Bonchev–Trinajstić information content (AvgIpc) is 3.18. The summed E-state index contributed by atoms with van der Waals surface area (Å²) in [6.45, 7) is 2.26. The van der Waals surface area contributed by atoms with Crippen molar-refractivity contribution in [3.63, 3.8) is 0 Å². The largest absolute Gasteiger partial charge is 0.351 e. The van der Waals surface area contributed by atoms with Crippen LogP contribution in [0.1, 0.15) is 25.9 Å². The first-order valence-corrected chi connectivity index (χ1v) is 10.8. The molecule has 2 N–H and O–H groups in total. The zero-order valence-electron chi connectivity index (χ0n) is 15.6. The van der Waals surface area contributed by atoms with Gasteiger partial charge in [-0.05, 0) is 36.2 Å². The second-order valence-corrected chi connectivity index (χ2v) is 8.21. The van der Waals surface area contributed by atoms with Gasteiger partial charge in [-0.3, -0.25) is 9.59 Å². The van der Waals surface area contributed by atoms with Crippen molar-refractivity contribution in [1.29, 1.82) is 0 Å². The van der Waals surface area contributed by atoms with Gasteiger partial charge >= 0.3 is 0 Å². The third-order valence-corrected chi connectivity index (χ3v) is 5.96. The topological polar surface area (TPSA) is 84.0 Å². The summed E-state index contributed by atoms with van der Waals surface area (Å²) in [7, 11) is 0. The van der Waals surface area contributed by atoms with Crippen LogP contribution < -0.4 is 10.6 Å². The smallest absolute Gasteiger partial charge is 0.286 e. The lowest BCUT2D eigenvalue weighted by molar-refractivity contribution is -0.118. The fraction of sp³-hybridized carbons (Fsp3) is 0.200. The summed E-state index contributed by atoms with van der Waals surface area (Å²) in [6.07, 6.45) is 0. The van der Waals surface area contributed by atoms with Gasteiger partial charge in [0.05, 0.1) is 5.75 Å². The maximum Gasteiger partial charge on any atom is 0.286 e. The van der Waals surface area contributed by atoms with Crippen molar-refractivity contribution in [2.75, 3.05) is 11.1 Å². The number of anilines is 1. The Morgan fingerprint density at radius 2 is 1.86 bits per heavy atom. The van der Waals surface area contributed by atoms with E-state index in [1.165, 1.54) is 35.2 Å². The molecule has 0 atom stereocenters. The number of aryl methyl sites for hydroxylation is 1. The van der Waals surface area contributed by atoms with Gasteiger partial charge in [0.2, 0.25) is 10.9 Å². The standard InChI is InChI=1S/C20H19FN4O2S2/c1-13-4-2-3-5-16(13)23-19(27)20-25-24-18(29-20)12-28-11-17(26)22-10-14-6-8-15(21)9-7-14/h2-9H,10-12H2,1H3,(H,22,26)(H,23,27). The van der Waals surface area contributed by atoms with Crippen LogP contribution in [0.15, 0.2) is 48.5 Å². The quantitative estimate of drug-likeness (QED) is 0.568. The average molecular weight is 431 g/mol. The van der Waals surface area contributed by atoms with Gasteiger partial charge in [0.1, 0.15) is 10.8 Å². The number of rotatable bonds is 8. The Bertz CT molecular complexity index is 992. The van der Waals surface area contributed by atoms with Crippen LogP contribution in [-0.4, -0.2) is 27.8 Å². The first kappa shape index (κ1) is 20.9. The molecule has 0 fully saturated rings. The Kier molecular flexibility index (Phi) is 7.31. The Balaban J connectivity index is 1.42. The second-order valence-electron chi connectivity index (χ2n) is 6.17. The van der Waals surface area contributed by atoms with E-state index in [0.29, 0.717) is 17.3 Å². The molecule has 0 aliphatic rings. The molecule has 0 spiro atoms. The van der Waals surface area contributed by atoms with Crippen LogP contribution in [0.4, 0.5) is 10.1 Å². The number of thioether (sulfide) groups is 1.